The molecule has 0 aromatic heterocycles. The Morgan fingerprint density at radius 2 is 1.92 bits per heavy atom. The van der Waals surface area contributed by atoms with E-state index in [1.807, 2.05) is 12.1 Å². The average molecular weight is 180 g/mol. The molecule has 0 unspecified atom stereocenters. The number of halogens is 1. The van der Waals surface area contributed by atoms with E-state index in [1.165, 1.54) is 12.1 Å². The van der Waals surface area contributed by atoms with Crippen LogP contribution in [0.3, 0.4) is 0 Å². The van der Waals surface area contributed by atoms with E-state index in [1.54, 1.807) is 0 Å². The largest absolute Gasteiger partial charge is 0.314 e. The minimum absolute atomic E-state index is 0.174. The van der Waals surface area contributed by atoms with E-state index >= 15 is 0 Å². The van der Waals surface area contributed by atoms with Crippen molar-refractivity contribution >= 4 is 0 Å². The Morgan fingerprint density at radius 3 is 2.54 bits per heavy atom. The van der Waals surface area contributed by atoms with Crippen LogP contribution in [0.2, 0.25) is 0 Å². The zero-order chi connectivity index (χ0) is 9.10. The van der Waals surface area contributed by atoms with Crippen LogP contribution >= 0.6 is 0 Å². The summed E-state index contributed by atoms with van der Waals surface area (Å²) in [6.45, 7) is 2.91. The van der Waals surface area contributed by atoms with Crippen molar-refractivity contribution in [2.24, 2.45) is 0 Å². The van der Waals surface area contributed by atoms with Crippen molar-refractivity contribution in [3.05, 3.63) is 35.6 Å². The molecule has 13 heavy (non-hydrogen) atoms. The van der Waals surface area contributed by atoms with E-state index in [4.69, 9.17) is 0 Å². The van der Waals surface area contributed by atoms with E-state index < -0.39 is 0 Å². The number of benzene rings is 1. The van der Waals surface area contributed by atoms with Crippen molar-refractivity contribution in [1.29, 1.82) is 0 Å². The normalized spacial score (nSPS) is 23.0. The van der Waals surface area contributed by atoms with Crippen molar-refractivity contribution < 1.29 is 4.39 Å². The van der Waals surface area contributed by atoms with Crippen LogP contribution < -0.4 is 10.6 Å². The standard InChI is InChI=1S/C10H13FN2/c11-9-3-1-8(2-4-9)10-7-12-5-6-13-10/h1-4,10,12-13H,5-7H2/t10-/m0/s1. The van der Waals surface area contributed by atoms with Crippen LogP contribution in [0.15, 0.2) is 24.3 Å². The molecule has 70 valence electrons. The molecular formula is C10H13FN2. The third-order valence-electron chi connectivity index (χ3n) is 2.31. The van der Waals surface area contributed by atoms with Gasteiger partial charge in [0.25, 0.3) is 0 Å². The molecule has 1 fully saturated rings. The molecule has 1 aromatic rings. The highest BCUT2D eigenvalue weighted by atomic mass is 19.1. The van der Waals surface area contributed by atoms with Gasteiger partial charge in [0.1, 0.15) is 5.82 Å². The first-order valence-electron chi connectivity index (χ1n) is 4.56. The van der Waals surface area contributed by atoms with Gasteiger partial charge in [-0.1, -0.05) is 12.1 Å². The van der Waals surface area contributed by atoms with Crippen LogP contribution in [0, 0.1) is 5.82 Å². The molecule has 2 rings (SSSR count). The predicted octanol–water partition coefficient (Wildman–Crippen LogP) is 1.06. The Morgan fingerprint density at radius 1 is 1.15 bits per heavy atom. The number of nitrogens with one attached hydrogen (secondary N) is 2. The first kappa shape index (κ1) is 8.66. The van der Waals surface area contributed by atoms with Gasteiger partial charge in [-0.15, -0.1) is 0 Å². The Labute approximate surface area is 77.2 Å². The molecule has 0 aliphatic carbocycles. The second-order valence-corrected chi connectivity index (χ2v) is 3.26. The first-order valence-corrected chi connectivity index (χ1v) is 4.56. The zero-order valence-electron chi connectivity index (χ0n) is 7.39. The summed E-state index contributed by atoms with van der Waals surface area (Å²) in [7, 11) is 0. The summed E-state index contributed by atoms with van der Waals surface area (Å²) in [4.78, 5) is 0. The van der Waals surface area contributed by atoms with Gasteiger partial charge in [0.15, 0.2) is 0 Å². The molecule has 0 spiro atoms. The number of hydrogen-bond acceptors (Lipinski definition) is 2. The fourth-order valence-corrected chi connectivity index (χ4v) is 1.58. The Bertz CT molecular complexity index is 265. The van der Waals surface area contributed by atoms with E-state index in [2.05, 4.69) is 10.6 Å². The summed E-state index contributed by atoms with van der Waals surface area (Å²) in [5.41, 5.74) is 1.15. The first-order chi connectivity index (χ1) is 6.36. The molecule has 2 N–H and O–H groups in total. The molecule has 2 nitrogen and oxygen atoms in total. The summed E-state index contributed by atoms with van der Waals surface area (Å²) in [6.07, 6.45) is 0. The number of rotatable bonds is 1. The van der Waals surface area contributed by atoms with Gasteiger partial charge in [-0.2, -0.15) is 0 Å². The number of piperazine rings is 1. The maximum Gasteiger partial charge on any atom is 0.123 e. The second-order valence-electron chi connectivity index (χ2n) is 3.26. The molecule has 1 saturated heterocycles. The van der Waals surface area contributed by atoms with Crippen molar-refractivity contribution in [2.75, 3.05) is 19.6 Å². The highest BCUT2D eigenvalue weighted by Gasteiger charge is 2.13. The van der Waals surface area contributed by atoms with Gasteiger partial charge < -0.3 is 10.6 Å². The molecule has 1 atom stereocenters. The third-order valence-corrected chi connectivity index (χ3v) is 2.31. The van der Waals surface area contributed by atoms with E-state index in [-0.39, 0.29) is 5.82 Å². The van der Waals surface area contributed by atoms with Crippen molar-refractivity contribution in [2.45, 2.75) is 6.04 Å². The third kappa shape index (κ3) is 2.05. The summed E-state index contributed by atoms with van der Waals surface area (Å²) in [5, 5.41) is 6.66. The van der Waals surface area contributed by atoms with Gasteiger partial charge in [0.2, 0.25) is 0 Å². The molecule has 1 aliphatic heterocycles. The van der Waals surface area contributed by atoms with Gasteiger partial charge in [-0.05, 0) is 17.7 Å². The van der Waals surface area contributed by atoms with Crippen molar-refractivity contribution in [3.8, 4) is 0 Å². The Hall–Kier alpha value is -0.930. The van der Waals surface area contributed by atoms with Gasteiger partial charge in [-0.3, -0.25) is 0 Å². The van der Waals surface area contributed by atoms with Crippen LogP contribution in [0.1, 0.15) is 11.6 Å². The van der Waals surface area contributed by atoms with Gasteiger partial charge in [0.05, 0.1) is 0 Å². The summed E-state index contributed by atoms with van der Waals surface area (Å²) in [6, 6.07) is 7.01. The fourth-order valence-electron chi connectivity index (χ4n) is 1.58. The van der Waals surface area contributed by atoms with Gasteiger partial charge in [-0.25, -0.2) is 4.39 Å². The van der Waals surface area contributed by atoms with Crippen LogP contribution in [0.5, 0.6) is 0 Å². The maximum atomic E-state index is 12.6. The van der Waals surface area contributed by atoms with Crippen molar-refractivity contribution in [3.63, 3.8) is 0 Å². The Balaban J connectivity index is 2.10. The van der Waals surface area contributed by atoms with E-state index in [0.717, 1.165) is 25.2 Å². The number of hydrogen-bond donors (Lipinski definition) is 2. The topological polar surface area (TPSA) is 24.1 Å². The van der Waals surface area contributed by atoms with E-state index in [9.17, 15) is 4.39 Å². The predicted molar refractivity (Wildman–Crippen MR) is 50.0 cm³/mol. The maximum absolute atomic E-state index is 12.6. The van der Waals surface area contributed by atoms with E-state index in [0.29, 0.717) is 6.04 Å². The molecule has 1 aromatic carbocycles. The van der Waals surface area contributed by atoms with Crippen LogP contribution in [-0.4, -0.2) is 19.6 Å². The van der Waals surface area contributed by atoms with Crippen LogP contribution in [0.25, 0.3) is 0 Å². The molecule has 0 radical (unpaired) electrons. The molecule has 1 aliphatic rings. The smallest absolute Gasteiger partial charge is 0.123 e. The minimum Gasteiger partial charge on any atom is -0.314 e. The molecule has 0 saturated carbocycles. The lowest BCUT2D eigenvalue weighted by atomic mass is 10.1. The zero-order valence-corrected chi connectivity index (χ0v) is 7.39. The van der Waals surface area contributed by atoms with Gasteiger partial charge in [0, 0.05) is 25.7 Å². The lowest BCUT2D eigenvalue weighted by Gasteiger charge is -2.24. The molecule has 1 heterocycles. The monoisotopic (exact) mass is 180 g/mol. The van der Waals surface area contributed by atoms with Crippen LogP contribution in [-0.2, 0) is 0 Å². The summed E-state index contributed by atoms with van der Waals surface area (Å²) < 4.78 is 12.6. The SMILES string of the molecule is Fc1ccc([C@@H]2CNCCN2)cc1. The summed E-state index contributed by atoms with van der Waals surface area (Å²) in [5.74, 6) is -0.174. The molecule has 3 heteroatoms. The fraction of sp³-hybridized carbons (Fsp3) is 0.400. The molecule has 0 bridgehead atoms. The lowest BCUT2D eigenvalue weighted by Crippen LogP contribution is -2.42. The quantitative estimate of drug-likeness (QED) is 0.675. The lowest BCUT2D eigenvalue weighted by molar-refractivity contribution is 0.430. The van der Waals surface area contributed by atoms with Crippen LogP contribution in [0.4, 0.5) is 4.39 Å². The van der Waals surface area contributed by atoms with Crippen molar-refractivity contribution in [1.82, 2.24) is 10.6 Å². The molecule has 0 amide bonds. The Kier molecular flexibility index (Phi) is 2.57. The summed E-state index contributed by atoms with van der Waals surface area (Å²) >= 11 is 0. The second kappa shape index (κ2) is 3.85. The average Bonchev–Trinajstić information content (AvgIpc) is 2.20. The highest BCUT2D eigenvalue weighted by molar-refractivity contribution is 5.20. The highest BCUT2D eigenvalue weighted by Crippen LogP contribution is 2.13. The minimum atomic E-state index is -0.174. The van der Waals surface area contributed by atoms with Gasteiger partial charge >= 0.3 is 0 Å². The molecular weight excluding hydrogens is 167 g/mol.